The van der Waals surface area contributed by atoms with Crippen molar-refractivity contribution in [1.29, 1.82) is 0 Å². The molecule has 0 fully saturated rings. The first-order valence-electron chi connectivity index (χ1n) is 12.8. The summed E-state index contributed by atoms with van der Waals surface area (Å²) in [6.45, 7) is 7.45. The Hall–Kier alpha value is -3.18. The molecular formula is C26H43N5O6. The van der Waals surface area contributed by atoms with Crippen LogP contribution in [0.5, 0.6) is 5.75 Å². The lowest BCUT2D eigenvalue weighted by Gasteiger charge is -2.28. The summed E-state index contributed by atoms with van der Waals surface area (Å²) in [5.41, 5.74) is 12.4. The Labute approximate surface area is 218 Å². The Balaban J connectivity index is 2.96. The van der Waals surface area contributed by atoms with Crippen LogP contribution in [0.25, 0.3) is 0 Å². The summed E-state index contributed by atoms with van der Waals surface area (Å²) in [5.74, 6) is -3.39. The van der Waals surface area contributed by atoms with Crippen molar-refractivity contribution in [1.82, 2.24) is 16.0 Å². The number of nitrogens with two attached hydrogens (primary N) is 2. The number of carbonyl (C=O) groups is 4. The lowest BCUT2D eigenvalue weighted by molar-refractivity contribution is -0.144. The van der Waals surface area contributed by atoms with Crippen LogP contribution in [0.2, 0.25) is 0 Å². The fourth-order valence-corrected chi connectivity index (χ4v) is 3.73. The fraction of sp³-hybridized carbons (Fsp3) is 0.615. The minimum Gasteiger partial charge on any atom is -0.508 e. The predicted molar refractivity (Wildman–Crippen MR) is 140 cm³/mol. The molecular weight excluding hydrogens is 478 g/mol. The maximum absolute atomic E-state index is 13.2. The van der Waals surface area contributed by atoms with E-state index >= 15 is 0 Å². The highest BCUT2D eigenvalue weighted by molar-refractivity contribution is 5.94. The van der Waals surface area contributed by atoms with Gasteiger partial charge < -0.3 is 37.6 Å². The van der Waals surface area contributed by atoms with Crippen molar-refractivity contribution in [2.75, 3.05) is 6.54 Å². The number of unbranched alkanes of at least 4 members (excludes halogenated alkanes) is 1. The van der Waals surface area contributed by atoms with Gasteiger partial charge in [-0.05, 0) is 61.8 Å². The van der Waals surface area contributed by atoms with E-state index in [1.165, 1.54) is 12.1 Å². The second kappa shape index (κ2) is 15.8. The maximum atomic E-state index is 13.2. The molecule has 1 rings (SSSR count). The predicted octanol–water partition coefficient (Wildman–Crippen LogP) is 0.632. The number of nitrogens with one attached hydrogen (secondary N) is 3. The number of amides is 3. The molecule has 0 saturated heterocycles. The van der Waals surface area contributed by atoms with E-state index in [0.29, 0.717) is 25.8 Å². The van der Waals surface area contributed by atoms with Crippen molar-refractivity contribution in [3.8, 4) is 5.75 Å². The molecule has 0 saturated carbocycles. The minimum atomic E-state index is -1.15. The van der Waals surface area contributed by atoms with Crippen LogP contribution >= 0.6 is 0 Å². The average molecular weight is 522 g/mol. The van der Waals surface area contributed by atoms with Crippen molar-refractivity contribution in [2.45, 2.75) is 84.0 Å². The number of hydrogen-bond acceptors (Lipinski definition) is 7. The molecule has 1 aromatic carbocycles. The maximum Gasteiger partial charge on any atom is 0.326 e. The van der Waals surface area contributed by atoms with Gasteiger partial charge in [0.1, 0.15) is 23.9 Å². The number of carbonyl (C=O) groups excluding carboxylic acids is 3. The zero-order chi connectivity index (χ0) is 28.1. The van der Waals surface area contributed by atoms with E-state index in [0.717, 1.165) is 5.56 Å². The average Bonchev–Trinajstić information content (AvgIpc) is 2.85. The van der Waals surface area contributed by atoms with Gasteiger partial charge in [0.25, 0.3) is 0 Å². The Bertz CT molecular complexity index is 892. The van der Waals surface area contributed by atoms with E-state index in [1.54, 1.807) is 32.9 Å². The van der Waals surface area contributed by atoms with E-state index in [4.69, 9.17) is 11.5 Å². The Morgan fingerprint density at radius 2 is 1.49 bits per heavy atom. The number of aromatic hydroxyl groups is 1. The van der Waals surface area contributed by atoms with E-state index in [2.05, 4.69) is 16.0 Å². The van der Waals surface area contributed by atoms with Gasteiger partial charge in [0.2, 0.25) is 17.7 Å². The van der Waals surface area contributed by atoms with E-state index in [9.17, 15) is 29.4 Å². The van der Waals surface area contributed by atoms with Gasteiger partial charge in [-0.25, -0.2) is 4.79 Å². The molecule has 0 aliphatic heterocycles. The summed E-state index contributed by atoms with van der Waals surface area (Å²) < 4.78 is 0. The number of carboxylic acid groups (broad SMARTS) is 1. The molecule has 0 radical (unpaired) electrons. The Morgan fingerprint density at radius 3 is 2.00 bits per heavy atom. The molecule has 0 aromatic heterocycles. The molecule has 5 unspecified atom stereocenters. The van der Waals surface area contributed by atoms with Gasteiger partial charge >= 0.3 is 5.97 Å². The third-order valence-electron chi connectivity index (χ3n) is 6.33. The number of phenolic OH excluding ortho intramolecular Hbond substituents is 1. The second-order valence-electron chi connectivity index (χ2n) is 9.76. The quantitative estimate of drug-likeness (QED) is 0.154. The SMILES string of the molecule is CCC(C)C(NC(=O)C(NC(=O)C(CCCCN)NC(=O)C(N)Cc1ccc(O)cc1)C(C)C)C(=O)O. The van der Waals surface area contributed by atoms with Crippen LogP contribution in [0.15, 0.2) is 24.3 Å². The molecule has 37 heavy (non-hydrogen) atoms. The Kier molecular flexibility index (Phi) is 13.6. The summed E-state index contributed by atoms with van der Waals surface area (Å²) in [6, 6.07) is 2.32. The first kappa shape index (κ1) is 31.8. The molecule has 0 heterocycles. The van der Waals surface area contributed by atoms with Crippen molar-refractivity contribution < 1.29 is 29.4 Å². The minimum absolute atomic E-state index is 0.0981. The summed E-state index contributed by atoms with van der Waals surface area (Å²) in [6.07, 6.45) is 2.25. The first-order valence-corrected chi connectivity index (χ1v) is 12.8. The van der Waals surface area contributed by atoms with Crippen LogP contribution in [0.3, 0.4) is 0 Å². The molecule has 9 N–H and O–H groups in total. The lowest BCUT2D eigenvalue weighted by Crippen LogP contribution is -2.59. The van der Waals surface area contributed by atoms with Crippen molar-refractivity contribution in [3.63, 3.8) is 0 Å². The van der Waals surface area contributed by atoms with Crippen LogP contribution < -0.4 is 27.4 Å². The summed E-state index contributed by atoms with van der Waals surface area (Å²) >= 11 is 0. The molecule has 11 nitrogen and oxygen atoms in total. The van der Waals surface area contributed by atoms with Crippen molar-refractivity contribution >= 4 is 23.7 Å². The van der Waals surface area contributed by atoms with E-state index < -0.39 is 47.9 Å². The Morgan fingerprint density at radius 1 is 0.892 bits per heavy atom. The number of rotatable bonds is 16. The topological polar surface area (TPSA) is 197 Å². The lowest BCUT2D eigenvalue weighted by atomic mass is 9.97. The highest BCUT2D eigenvalue weighted by Crippen LogP contribution is 2.13. The van der Waals surface area contributed by atoms with Gasteiger partial charge in [-0.1, -0.05) is 46.2 Å². The van der Waals surface area contributed by atoms with E-state index in [1.807, 2.05) is 6.92 Å². The summed E-state index contributed by atoms with van der Waals surface area (Å²) in [5, 5.41) is 26.9. The monoisotopic (exact) mass is 521 g/mol. The molecule has 5 atom stereocenters. The van der Waals surface area contributed by atoms with Crippen LogP contribution in [-0.4, -0.2) is 64.6 Å². The van der Waals surface area contributed by atoms with Gasteiger partial charge in [0.05, 0.1) is 6.04 Å². The smallest absolute Gasteiger partial charge is 0.326 e. The fourth-order valence-electron chi connectivity index (χ4n) is 3.73. The normalized spacial score (nSPS) is 15.2. The number of hydrogen-bond donors (Lipinski definition) is 7. The van der Waals surface area contributed by atoms with Crippen molar-refractivity contribution in [2.24, 2.45) is 23.3 Å². The highest BCUT2D eigenvalue weighted by atomic mass is 16.4. The molecule has 0 bridgehead atoms. The third-order valence-corrected chi connectivity index (χ3v) is 6.33. The second-order valence-corrected chi connectivity index (χ2v) is 9.76. The number of carboxylic acids is 1. The van der Waals surface area contributed by atoms with Gasteiger partial charge in [0, 0.05) is 0 Å². The molecule has 0 aliphatic carbocycles. The van der Waals surface area contributed by atoms with E-state index in [-0.39, 0.29) is 30.4 Å². The largest absolute Gasteiger partial charge is 0.508 e. The van der Waals surface area contributed by atoms with Gasteiger partial charge in [0.15, 0.2) is 0 Å². The summed E-state index contributed by atoms with van der Waals surface area (Å²) in [4.78, 5) is 50.6. The van der Waals surface area contributed by atoms with Crippen LogP contribution in [-0.2, 0) is 25.6 Å². The van der Waals surface area contributed by atoms with Crippen LogP contribution in [0.1, 0.15) is 58.9 Å². The molecule has 0 aliphatic rings. The molecule has 1 aromatic rings. The van der Waals surface area contributed by atoms with Gasteiger partial charge in [-0.15, -0.1) is 0 Å². The number of aliphatic carboxylic acids is 1. The zero-order valence-electron chi connectivity index (χ0n) is 22.2. The third kappa shape index (κ3) is 10.8. The molecule has 11 heteroatoms. The zero-order valence-corrected chi connectivity index (χ0v) is 22.2. The van der Waals surface area contributed by atoms with Gasteiger partial charge in [-0.3, -0.25) is 14.4 Å². The molecule has 208 valence electrons. The number of benzene rings is 1. The first-order chi connectivity index (χ1) is 17.4. The summed E-state index contributed by atoms with van der Waals surface area (Å²) in [7, 11) is 0. The van der Waals surface area contributed by atoms with Crippen LogP contribution in [0.4, 0.5) is 0 Å². The molecule has 0 spiro atoms. The highest BCUT2D eigenvalue weighted by Gasteiger charge is 2.33. The number of phenols is 1. The van der Waals surface area contributed by atoms with Crippen molar-refractivity contribution in [3.05, 3.63) is 29.8 Å². The molecule has 3 amide bonds. The van der Waals surface area contributed by atoms with Gasteiger partial charge in [-0.2, -0.15) is 0 Å². The standard InChI is InChI=1S/C26H43N5O6/c1-5-16(4)22(26(36)37)31-25(35)21(15(2)3)30-24(34)20(8-6-7-13-27)29-23(33)19(28)14-17-9-11-18(32)12-10-17/h9-12,15-16,19-22,32H,5-8,13-14,27-28H2,1-4H3,(H,29,33)(H,30,34)(H,31,35)(H,36,37). The van der Waals surface area contributed by atoms with Crippen LogP contribution in [0, 0.1) is 11.8 Å².